The Labute approximate surface area is 65.5 Å². The first-order chi connectivity index (χ1) is 5.22. The molecular formula is C7H13NO3. The molecule has 0 bridgehead atoms. The predicted octanol–water partition coefficient (Wildman–Crippen LogP) is 0.822. The Morgan fingerprint density at radius 3 is 2.82 bits per heavy atom. The number of methoxy groups -OCH3 is 1. The first-order valence-electron chi connectivity index (χ1n) is 3.74. The molecule has 0 saturated heterocycles. The Morgan fingerprint density at radius 2 is 2.36 bits per heavy atom. The molecule has 0 radical (unpaired) electrons. The number of rotatable bonds is 2. The fraction of sp³-hybridized carbons (Fsp3) is 0.857. The van der Waals surface area contributed by atoms with E-state index in [1.807, 2.05) is 0 Å². The Bertz CT molecular complexity index is 149. The molecule has 0 aromatic carbocycles. The zero-order chi connectivity index (χ0) is 8.27. The summed E-state index contributed by atoms with van der Waals surface area (Å²) in [6.45, 7) is 0. The minimum absolute atomic E-state index is 0.0949. The molecule has 1 amide bonds. The van der Waals surface area contributed by atoms with Gasteiger partial charge in [-0.3, -0.25) is 0 Å². The quantitative estimate of drug-likeness (QED) is 0.627. The van der Waals surface area contributed by atoms with Crippen LogP contribution in [0.15, 0.2) is 0 Å². The number of nitrogens with one attached hydrogen (secondary N) is 1. The van der Waals surface area contributed by atoms with Crippen molar-refractivity contribution in [1.82, 2.24) is 5.32 Å². The van der Waals surface area contributed by atoms with Gasteiger partial charge in [0.05, 0.1) is 6.10 Å². The highest BCUT2D eigenvalue weighted by Gasteiger charge is 2.25. The van der Waals surface area contributed by atoms with Gasteiger partial charge in [-0.2, -0.15) is 0 Å². The van der Waals surface area contributed by atoms with Crippen molar-refractivity contribution in [3.63, 3.8) is 0 Å². The molecule has 0 unspecified atom stereocenters. The van der Waals surface area contributed by atoms with Crippen LogP contribution in [0.25, 0.3) is 0 Å². The van der Waals surface area contributed by atoms with E-state index in [2.05, 4.69) is 5.32 Å². The van der Waals surface area contributed by atoms with Gasteiger partial charge >= 0.3 is 6.09 Å². The topological polar surface area (TPSA) is 58.6 Å². The molecule has 1 fully saturated rings. The third kappa shape index (κ3) is 2.38. The van der Waals surface area contributed by atoms with Gasteiger partial charge in [0.25, 0.3) is 0 Å². The van der Waals surface area contributed by atoms with Crippen molar-refractivity contribution in [1.29, 1.82) is 0 Å². The van der Waals surface area contributed by atoms with Crippen LogP contribution in [-0.4, -0.2) is 30.5 Å². The fourth-order valence-corrected chi connectivity index (χ4v) is 1.46. The normalized spacial score (nSPS) is 30.3. The van der Waals surface area contributed by atoms with Gasteiger partial charge in [-0.05, 0) is 19.3 Å². The second-order valence-corrected chi connectivity index (χ2v) is 2.82. The predicted molar refractivity (Wildman–Crippen MR) is 39.6 cm³/mol. The van der Waals surface area contributed by atoms with E-state index in [1.54, 1.807) is 7.11 Å². The van der Waals surface area contributed by atoms with E-state index in [9.17, 15) is 4.79 Å². The van der Waals surface area contributed by atoms with Crippen molar-refractivity contribution in [2.24, 2.45) is 0 Å². The Morgan fingerprint density at radius 1 is 1.64 bits per heavy atom. The zero-order valence-corrected chi connectivity index (χ0v) is 6.54. The lowest BCUT2D eigenvalue weighted by Crippen LogP contribution is -2.31. The molecule has 4 nitrogen and oxygen atoms in total. The van der Waals surface area contributed by atoms with Gasteiger partial charge < -0.3 is 15.2 Å². The lowest BCUT2D eigenvalue weighted by atomic mass is 10.2. The van der Waals surface area contributed by atoms with Gasteiger partial charge in [0.15, 0.2) is 0 Å². The third-order valence-corrected chi connectivity index (χ3v) is 2.05. The maximum Gasteiger partial charge on any atom is 0.404 e. The molecule has 0 heterocycles. The summed E-state index contributed by atoms with van der Waals surface area (Å²) in [4.78, 5) is 10.2. The number of ether oxygens (including phenoxy) is 1. The summed E-state index contributed by atoms with van der Waals surface area (Å²) < 4.78 is 5.09. The van der Waals surface area contributed by atoms with E-state index in [0.717, 1.165) is 19.3 Å². The Balaban J connectivity index is 2.24. The number of carbonyl (C=O) groups is 1. The molecule has 0 aliphatic heterocycles. The van der Waals surface area contributed by atoms with Crippen LogP contribution in [0.1, 0.15) is 19.3 Å². The molecule has 0 spiro atoms. The summed E-state index contributed by atoms with van der Waals surface area (Å²) in [6.07, 6.45) is 1.97. The van der Waals surface area contributed by atoms with Crippen LogP contribution in [0, 0.1) is 0 Å². The minimum Gasteiger partial charge on any atom is -0.465 e. The van der Waals surface area contributed by atoms with Crippen LogP contribution in [0.4, 0.5) is 4.79 Å². The average molecular weight is 159 g/mol. The SMILES string of the molecule is CO[C@H]1CC[C@H](NC(=O)O)C1. The first kappa shape index (κ1) is 8.33. The Hall–Kier alpha value is -0.770. The third-order valence-electron chi connectivity index (χ3n) is 2.05. The van der Waals surface area contributed by atoms with Crippen LogP contribution in [-0.2, 0) is 4.74 Å². The van der Waals surface area contributed by atoms with Crippen LogP contribution >= 0.6 is 0 Å². The van der Waals surface area contributed by atoms with Crippen molar-refractivity contribution in [3.05, 3.63) is 0 Å². The second-order valence-electron chi connectivity index (χ2n) is 2.82. The molecule has 1 aliphatic rings. The maximum atomic E-state index is 10.2. The maximum absolute atomic E-state index is 10.2. The van der Waals surface area contributed by atoms with Crippen molar-refractivity contribution >= 4 is 6.09 Å². The van der Waals surface area contributed by atoms with Crippen LogP contribution in [0.2, 0.25) is 0 Å². The van der Waals surface area contributed by atoms with E-state index < -0.39 is 6.09 Å². The van der Waals surface area contributed by atoms with Crippen molar-refractivity contribution in [2.45, 2.75) is 31.4 Å². The summed E-state index contributed by atoms with van der Waals surface area (Å²) >= 11 is 0. The van der Waals surface area contributed by atoms with E-state index >= 15 is 0 Å². The van der Waals surface area contributed by atoms with Gasteiger partial charge in [0.1, 0.15) is 0 Å². The van der Waals surface area contributed by atoms with Gasteiger partial charge in [0.2, 0.25) is 0 Å². The van der Waals surface area contributed by atoms with Crippen LogP contribution < -0.4 is 5.32 Å². The number of amides is 1. The minimum atomic E-state index is -0.938. The number of carboxylic acid groups (broad SMARTS) is 1. The van der Waals surface area contributed by atoms with Crippen molar-refractivity contribution < 1.29 is 14.6 Å². The average Bonchev–Trinajstić information content (AvgIpc) is 2.34. The lowest BCUT2D eigenvalue weighted by molar-refractivity contribution is 0.106. The number of hydrogen-bond acceptors (Lipinski definition) is 2. The molecule has 2 N–H and O–H groups in total. The first-order valence-corrected chi connectivity index (χ1v) is 3.74. The standard InChI is InChI=1S/C7H13NO3/c1-11-6-3-2-5(4-6)8-7(9)10/h5-6,8H,2-4H2,1H3,(H,9,10)/t5-,6-/m0/s1. The summed E-state index contributed by atoms with van der Waals surface area (Å²) in [7, 11) is 1.66. The largest absolute Gasteiger partial charge is 0.465 e. The summed E-state index contributed by atoms with van der Waals surface area (Å²) in [5, 5.41) is 10.8. The van der Waals surface area contributed by atoms with E-state index in [4.69, 9.17) is 9.84 Å². The van der Waals surface area contributed by atoms with E-state index in [-0.39, 0.29) is 12.1 Å². The van der Waals surface area contributed by atoms with Crippen LogP contribution in [0.5, 0.6) is 0 Å². The molecule has 0 aromatic heterocycles. The summed E-state index contributed by atoms with van der Waals surface area (Å²) in [5.74, 6) is 0. The summed E-state index contributed by atoms with van der Waals surface area (Å²) in [6, 6.07) is 0.0949. The lowest BCUT2D eigenvalue weighted by Gasteiger charge is -2.09. The van der Waals surface area contributed by atoms with Gasteiger partial charge in [0, 0.05) is 13.2 Å². The molecule has 2 atom stereocenters. The van der Waals surface area contributed by atoms with Gasteiger partial charge in [-0.15, -0.1) is 0 Å². The van der Waals surface area contributed by atoms with Crippen molar-refractivity contribution in [3.8, 4) is 0 Å². The summed E-state index contributed by atoms with van der Waals surface area (Å²) in [5.41, 5.74) is 0. The number of hydrogen-bond donors (Lipinski definition) is 2. The molecule has 64 valence electrons. The second kappa shape index (κ2) is 3.57. The molecule has 4 heteroatoms. The molecular weight excluding hydrogens is 146 g/mol. The molecule has 1 aliphatic carbocycles. The van der Waals surface area contributed by atoms with E-state index in [1.165, 1.54) is 0 Å². The van der Waals surface area contributed by atoms with E-state index in [0.29, 0.717) is 0 Å². The highest BCUT2D eigenvalue weighted by molar-refractivity contribution is 5.64. The highest BCUT2D eigenvalue weighted by Crippen LogP contribution is 2.20. The highest BCUT2D eigenvalue weighted by atomic mass is 16.5. The zero-order valence-electron chi connectivity index (χ0n) is 6.54. The smallest absolute Gasteiger partial charge is 0.404 e. The van der Waals surface area contributed by atoms with Crippen LogP contribution in [0.3, 0.4) is 0 Å². The fourth-order valence-electron chi connectivity index (χ4n) is 1.46. The molecule has 11 heavy (non-hydrogen) atoms. The van der Waals surface area contributed by atoms with Gasteiger partial charge in [-0.25, -0.2) is 4.79 Å². The monoisotopic (exact) mass is 159 g/mol. The molecule has 1 saturated carbocycles. The molecule has 1 rings (SSSR count). The molecule has 0 aromatic rings. The Kier molecular flexibility index (Phi) is 2.70. The van der Waals surface area contributed by atoms with Gasteiger partial charge in [-0.1, -0.05) is 0 Å². The van der Waals surface area contributed by atoms with Crippen molar-refractivity contribution in [2.75, 3.05) is 7.11 Å².